The predicted molar refractivity (Wildman–Crippen MR) is 49.1 cm³/mol. The SMILES string of the molecule is CC#Cc1ccc(C=O)c(C)c1. The molecule has 0 saturated heterocycles. The average molecular weight is 158 g/mol. The van der Waals surface area contributed by atoms with Crippen molar-refractivity contribution in [1.82, 2.24) is 0 Å². The highest BCUT2D eigenvalue weighted by atomic mass is 16.1. The molecule has 1 heteroatoms. The van der Waals surface area contributed by atoms with Crippen LogP contribution < -0.4 is 0 Å². The Morgan fingerprint density at radius 3 is 2.67 bits per heavy atom. The number of carbonyl (C=O) groups excluding carboxylic acids is 1. The van der Waals surface area contributed by atoms with Crippen molar-refractivity contribution >= 4 is 6.29 Å². The second-order valence-electron chi connectivity index (χ2n) is 2.56. The zero-order valence-corrected chi connectivity index (χ0v) is 7.22. The summed E-state index contributed by atoms with van der Waals surface area (Å²) in [6.45, 7) is 3.70. The third kappa shape index (κ3) is 1.73. The average Bonchev–Trinajstić information content (AvgIpc) is 2.05. The van der Waals surface area contributed by atoms with E-state index < -0.39 is 0 Å². The van der Waals surface area contributed by atoms with Gasteiger partial charge in [-0.15, -0.1) is 5.92 Å². The van der Waals surface area contributed by atoms with Gasteiger partial charge in [0.1, 0.15) is 6.29 Å². The first-order valence-corrected chi connectivity index (χ1v) is 3.76. The fraction of sp³-hybridized carbons (Fsp3) is 0.182. The Hall–Kier alpha value is -1.55. The molecule has 0 heterocycles. The minimum atomic E-state index is 0.733. The van der Waals surface area contributed by atoms with Crippen LogP contribution in [0, 0.1) is 18.8 Å². The molecule has 0 saturated carbocycles. The van der Waals surface area contributed by atoms with Gasteiger partial charge in [-0.3, -0.25) is 4.79 Å². The summed E-state index contributed by atoms with van der Waals surface area (Å²) in [5.41, 5.74) is 2.67. The first kappa shape index (κ1) is 8.55. The molecule has 0 aliphatic rings. The molecular formula is C11H10O. The van der Waals surface area contributed by atoms with Crippen LogP contribution in [0.1, 0.15) is 28.4 Å². The zero-order chi connectivity index (χ0) is 8.97. The summed E-state index contributed by atoms with van der Waals surface area (Å²) in [6.07, 6.45) is 0.860. The minimum absolute atomic E-state index is 0.733. The van der Waals surface area contributed by atoms with Crippen LogP contribution in [0.4, 0.5) is 0 Å². The maximum atomic E-state index is 10.5. The molecule has 0 spiro atoms. The number of aryl methyl sites for hydroxylation is 1. The van der Waals surface area contributed by atoms with E-state index in [4.69, 9.17) is 0 Å². The Morgan fingerprint density at radius 1 is 1.42 bits per heavy atom. The van der Waals surface area contributed by atoms with Gasteiger partial charge in [0.25, 0.3) is 0 Å². The summed E-state index contributed by atoms with van der Waals surface area (Å²) in [5, 5.41) is 0. The van der Waals surface area contributed by atoms with Crippen molar-refractivity contribution in [3.05, 3.63) is 34.9 Å². The lowest BCUT2D eigenvalue weighted by Crippen LogP contribution is -1.86. The van der Waals surface area contributed by atoms with Crippen LogP contribution in [-0.4, -0.2) is 6.29 Å². The molecule has 0 amide bonds. The van der Waals surface area contributed by atoms with Crippen LogP contribution in [0.25, 0.3) is 0 Å². The van der Waals surface area contributed by atoms with Gasteiger partial charge in [0, 0.05) is 11.1 Å². The molecule has 1 aromatic carbocycles. The summed E-state index contributed by atoms with van der Waals surface area (Å²) in [6, 6.07) is 5.56. The van der Waals surface area contributed by atoms with E-state index in [0.717, 1.165) is 23.0 Å². The molecule has 0 N–H and O–H groups in total. The van der Waals surface area contributed by atoms with E-state index in [2.05, 4.69) is 11.8 Å². The Labute approximate surface area is 72.4 Å². The summed E-state index contributed by atoms with van der Waals surface area (Å²) in [4.78, 5) is 10.5. The topological polar surface area (TPSA) is 17.1 Å². The summed E-state index contributed by atoms with van der Waals surface area (Å²) in [5.74, 6) is 5.74. The normalized spacial score (nSPS) is 8.50. The second kappa shape index (κ2) is 3.73. The number of hydrogen-bond acceptors (Lipinski definition) is 1. The lowest BCUT2D eigenvalue weighted by molar-refractivity contribution is 0.112. The molecule has 0 aromatic heterocycles. The molecule has 1 nitrogen and oxygen atoms in total. The second-order valence-corrected chi connectivity index (χ2v) is 2.56. The quantitative estimate of drug-likeness (QED) is 0.452. The Balaban J connectivity index is 3.15. The van der Waals surface area contributed by atoms with Crippen LogP contribution in [0.15, 0.2) is 18.2 Å². The molecule has 1 rings (SSSR count). The smallest absolute Gasteiger partial charge is 0.150 e. The molecule has 60 valence electrons. The van der Waals surface area contributed by atoms with Crippen molar-refractivity contribution in [2.45, 2.75) is 13.8 Å². The predicted octanol–water partition coefficient (Wildman–Crippen LogP) is 2.18. The Bertz CT molecular complexity index is 353. The molecule has 0 aliphatic carbocycles. The Morgan fingerprint density at radius 2 is 2.17 bits per heavy atom. The first-order valence-electron chi connectivity index (χ1n) is 3.76. The van der Waals surface area contributed by atoms with E-state index in [9.17, 15) is 4.79 Å². The molecule has 0 atom stereocenters. The summed E-state index contributed by atoms with van der Waals surface area (Å²) in [7, 11) is 0. The van der Waals surface area contributed by atoms with Gasteiger partial charge in [0.2, 0.25) is 0 Å². The third-order valence-corrected chi connectivity index (χ3v) is 1.67. The van der Waals surface area contributed by atoms with E-state index in [1.165, 1.54) is 0 Å². The molecule has 0 aliphatic heterocycles. The molecular weight excluding hydrogens is 148 g/mol. The first-order chi connectivity index (χ1) is 5.77. The lowest BCUT2D eigenvalue weighted by atomic mass is 10.1. The highest BCUT2D eigenvalue weighted by molar-refractivity contribution is 5.77. The number of carbonyl (C=O) groups is 1. The van der Waals surface area contributed by atoms with Crippen molar-refractivity contribution in [2.24, 2.45) is 0 Å². The van der Waals surface area contributed by atoms with Crippen molar-refractivity contribution in [3.63, 3.8) is 0 Å². The number of benzene rings is 1. The minimum Gasteiger partial charge on any atom is -0.298 e. The molecule has 0 fully saturated rings. The van der Waals surface area contributed by atoms with E-state index in [1.54, 1.807) is 13.0 Å². The van der Waals surface area contributed by atoms with E-state index in [0.29, 0.717) is 0 Å². The molecule has 12 heavy (non-hydrogen) atoms. The fourth-order valence-electron chi connectivity index (χ4n) is 1.03. The van der Waals surface area contributed by atoms with Gasteiger partial charge in [0.05, 0.1) is 0 Å². The summed E-state index contributed by atoms with van der Waals surface area (Å²) < 4.78 is 0. The van der Waals surface area contributed by atoms with E-state index >= 15 is 0 Å². The third-order valence-electron chi connectivity index (χ3n) is 1.67. The van der Waals surface area contributed by atoms with Crippen molar-refractivity contribution < 1.29 is 4.79 Å². The van der Waals surface area contributed by atoms with E-state index in [1.807, 2.05) is 19.1 Å². The standard InChI is InChI=1S/C11H10O/c1-3-4-10-5-6-11(8-12)9(2)7-10/h5-8H,1-2H3. The van der Waals surface area contributed by atoms with Crippen LogP contribution in [0.2, 0.25) is 0 Å². The monoisotopic (exact) mass is 158 g/mol. The fourth-order valence-corrected chi connectivity index (χ4v) is 1.03. The highest BCUT2D eigenvalue weighted by Gasteiger charge is 1.95. The molecule has 0 bridgehead atoms. The maximum Gasteiger partial charge on any atom is 0.150 e. The summed E-state index contributed by atoms with van der Waals surface area (Å²) >= 11 is 0. The van der Waals surface area contributed by atoms with Crippen molar-refractivity contribution in [1.29, 1.82) is 0 Å². The van der Waals surface area contributed by atoms with Gasteiger partial charge in [-0.05, 0) is 31.5 Å². The van der Waals surface area contributed by atoms with Crippen molar-refractivity contribution in [2.75, 3.05) is 0 Å². The Kier molecular flexibility index (Phi) is 2.66. The largest absolute Gasteiger partial charge is 0.298 e. The van der Waals surface area contributed by atoms with Gasteiger partial charge in [0.15, 0.2) is 0 Å². The van der Waals surface area contributed by atoms with E-state index in [-0.39, 0.29) is 0 Å². The van der Waals surface area contributed by atoms with Crippen LogP contribution in [0.5, 0.6) is 0 Å². The maximum absolute atomic E-state index is 10.5. The van der Waals surface area contributed by atoms with Crippen LogP contribution >= 0.6 is 0 Å². The number of aldehydes is 1. The van der Waals surface area contributed by atoms with Gasteiger partial charge in [-0.25, -0.2) is 0 Å². The lowest BCUT2D eigenvalue weighted by Gasteiger charge is -1.97. The zero-order valence-electron chi connectivity index (χ0n) is 7.22. The van der Waals surface area contributed by atoms with Crippen LogP contribution in [0.3, 0.4) is 0 Å². The molecule has 0 unspecified atom stereocenters. The van der Waals surface area contributed by atoms with Gasteiger partial charge in [-0.2, -0.15) is 0 Å². The molecule has 0 radical (unpaired) electrons. The van der Waals surface area contributed by atoms with Gasteiger partial charge in [-0.1, -0.05) is 12.0 Å². The highest BCUT2D eigenvalue weighted by Crippen LogP contribution is 2.07. The molecule has 1 aromatic rings. The number of rotatable bonds is 1. The van der Waals surface area contributed by atoms with Gasteiger partial charge >= 0.3 is 0 Å². The van der Waals surface area contributed by atoms with Gasteiger partial charge < -0.3 is 0 Å². The van der Waals surface area contributed by atoms with Crippen LogP contribution in [-0.2, 0) is 0 Å². The van der Waals surface area contributed by atoms with Crippen molar-refractivity contribution in [3.8, 4) is 11.8 Å². The number of hydrogen-bond donors (Lipinski definition) is 0.